The quantitative estimate of drug-likeness (QED) is 0.224. The first-order valence-corrected chi connectivity index (χ1v) is 16.0. The molecule has 1 amide bonds. The largest absolute Gasteiger partial charge is 0.377 e. The minimum absolute atomic E-state index is 0.183. The number of nitrogens with one attached hydrogen (secondary N) is 2. The molecule has 0 aliphatic carbocycles. The summed E-state index contributed by atoms with van der Waals surface area (Å²) in [7, 11) is 0. The molecule has 2 fully saturated rings. The van der Waals surface area contributed by atoms with Crippen LogP contribution >= 0.6 is 34.5 Å². The Labute approximate surface area is 266 Å². The number of aryl methyl sites for hydroxylation is 1. The first-order chi connectivity index (χ1) is 20.8. The van der Waals surface area contributed by atoms with Crippen molar-refractivity contribution in [2.75, 3.05) is 26.3 Å². The summed E-state index contributed by atoms with van der Waals surface area (Å²) in [4.78, 5) is 15.7. The van der Waals surface area contributed by atoms with Crippen LogP contribution in [0, 0.1) is 18.8 Å². The van der Waals surface area contributed by atoms with Gasteiger partial charge in [-0.1, -0.05) is 59.2 Å². The Morgan fingerprint density at radius 1 is 1.05 bits per heavy atom. The minimum atomic E-state index is -0.241. The summed E-state index contributed by atoms with van der Waals surface area (Å²) in [5.41, 5.74) is 7.64. The summed E-state index contributed by atoms with van der Waals surface area (Å²) in [6.45, 7) is 7.45. The third-order valence-electron chi connectivity index (χ3n) is 7.71. The predicted molar refractivity (Wildman–Crippen MR) is 173 cm³/mol. The van der Waals surface area contributed by atoms with Crippen molar-refractivity contribution in [3.63, 3.8) is 0 Å². The monoisotopic (exact) mass is 633 g/mol. The molecular formula is C33H33Cl2N5O2S. The molecule has 222 valence electrons. The van der Waals surface area contributed by atoms with Gasteiger partial charge in [0.15, 0.2) is 5.69 Å². The fourth-order valence-electron chi connectivity index (χ4n) is 5.20. The molecule has 0 bridgehead atoms. The van der Waals surface area contributed by atoms with Crippen LogP contribution in [0.5, 0.6) is 0 Å². The van der Waals surface area contributed by atoms with E-state index in [1.165, 1.54) is 12.0 Å². The molecule has 2 aromatic carbocycles. The third kappa shape index (κ3) is 6.83. The van der Waals surface area contributed by atoms with Crippen LogP contribution < -0.4 is 10.7 Å². The highest BCUT2D eigenvalue weighted by molar-refractivity contribution is 7.16. The van der Waals surface area contributed by atoms with E-state index in [2.05, 4.69) is 48.6 Å². The summed E-state index contributed by atoms with van der Waals surface area (Å²) >= 11 is 14.5. The number of halogens is 2. The highest BCUT2D eigenvalue weighted by Crippen LogP contribution is 2.37. The summed E-state index contributed by atoms with van der Waals surface area (Å²) in [6.07, 6.45) is 3.27. The Balaban J connectivity index is 1.44. The minimum Gasteiger partial charge on any atom is -0.377 e. The highest BCUT2D eigenvalue weighted by Gasteiger charge is 2.35. The molecule has 2 saturated heterocycles. The summed E-state index contributed by atoms with van der Waals surface area (Å²) in [5.74, 6) is 6.33. The van der Waals surface area contributed by atoms with E-state index in [1.54, 1.807) is 28.2 Å². The molecule has 4 heterocycles. The molecule has 2 aromatic heterocycles. The number of hydrogen-bond acceptors (Lipinski definition) is 6. The van der Waals surface area contributed by atoms with Crippen molar-refractivity contribution >= 4 is 40.4 Å². The summed E-state index contributed by atoms with van der Waals surface area (Å²) in [6, 6.07) is 17.5. The lowest BCUT2D eigenvalue weighted by atomic mass is 9.99. The van der Waals surface area contributed by atoms with Gasteiger partial charge in [-0.05, 0) is 69.2 Å². The number of hydrogen-bond donors (Lipinski definition) is 2. The maximum absolute atomic E-state index is 13.8. The van der Waals surface area contributed by atoms with Gasteiger partial charge in [0, 0.05) is 35.8 Å². The van der Waals surface area contributed by atoms with Crippen LogP contribution in [0.1, 0.15) is 58.2 Å². The van der Waals surface area contributed by atoms with Gasteiger partial charge in [-0.3, -0.25) is 10.2 Å². The van der Waals surface area contributed by atoms with Crippen molar-refractivity contribution in [2.45, 2.75) is 45.2 Å². The van der Waals surface area contributed by atoms with Crippen LogP contribution in [0.25, 0.3) is 16.3 Å². The Kier molecular flexibility index (Phi) is 8.92. The number of nitrogens with zero attached hydrogens (tertiary/aromatic N) is 3. The van der Waals surface area contributed by atoms with Gasteiger partial charge >= 0.3 is 0 Å². The second-order valence-electron chi connectivity index (χ2n) is 11.4. The van der Waals surface area contributed by atoms with Crippen molar-refractivity contribution in [3.8, 4) is 28.1 Å². The SMILES string of the molecule is Cc1ccc(C#Cc2ccc(-c3c(CNC4(C)COC4)c(C(=O)NN4CCCCC4)nn3-c3ccc(Cl)cc3Cl)s2)cc1. The van der Waals surface area contributed by atoms with Crippen molar-refractivity contribution in [3.05, 3.63) is 91.9 Å². The summed E-state index contributed by atoms with van der Waals surface area (Å²) in [5, 5.41) is 11.5. The van der Waals surface area contributed by atoms with Gasteiger partial charge < -0.3 is 10.1 Å². The number of hydrazine groups is 1. The van der Waals surface area contributed by atoms with Gasteiger partial charge in [0.2, 0.25) is 0 Å². The zero-order chi connectivity index (χ0) is 30.0. The maximum Gasteiger partial charge on any atom is 0.286 e. The normalized spacial score (nSPS) is 16.3. The molecule has 0 saturated carbocycles. The lowest BCUT2D eigenvalue weighted by Crippen LogP contribution is -2.57. The standard InChI is InChI=1S/C33H33Cl2N5O2S/c1-22-6-8-23(9-7-22)10-12-25-13-15-29(43-25)31-26(19-36-33(2)20-42-21-33)30(32(41)38-39-16-4-3-5-17-39)37-40(31)28-14-11-24(34)18-27(28)35/h6-9,11,13-15,18,36H,3-5,16-17,19-21H2,1-2H3,(H,38,41). The molecule has 0 unspecified atom stereocenters. The molecule has 0 spiro atoms. The molecule has 0 atom stereocenters. The highest BCUT2D eigenvalue weighted by atomic mass is 35.5. The summed E-state index contributed by atoms with van der Waals surface area (Å²) < 4.78 is 7.25. The van der Waals surface area contributed by atoms with E-state index >= 15 is 0 Å². The van der Waals surface area contributed by atoms with E-state index in [4.69, 9.17) is 33.0 Å². The zero-order valence-corrected chi connectivity index (χ0v) is 26.5. The maximum atomic E-state index is 13.8. The van der Waals surface area contributed by atoms with E-state index in [-0.39, 0.29) is 11.4 Å². The van der Waals surface area contributed by atoms with Gasteiger partial charge in [-0.15, -0.1) is 11.3 Å². The number of rotatable bonds is 7. The van der Waals surface area contributed by atoms with Crippen molar-refractivity contribution < 1.29 is 9.53 Å². The van der Waals surface area contributed by atoms with Crippen LogP contribution in [0.4, 0.5) is 0 Å². The lowest BCUT2D eigenvalue weighted by Gasteiger charge is -2.39. The van der Waals surface area contributed by atoms with Gasteiger partial charge in [-0.25, -0.2) is 9.69 Å². The van der Waals surface area contributed by atoms with Crippen LogP contribution in [-0.4, -0.2) is 52.5 Å². The molecule has 10 heteroatoms. The fourth-order valence-corrected chi connectivity index (χ4v) is 6.60. The Hall–Kier alpha value is -3.16. The second-order valence-corrected chi connectivity index (χ2v) is 13.3. The number of amides is 1. The topological polar surface area (TPSA) is 71.4 Å². The van der Waals surface area contributed by atoms with Gasteiger partial charge in [0.25, 0.3) is 5.91 Å². The number of benzene rings is 2. The predicted octanol–water partition coefficient (Wildman–Crippen LogP) is 6.63. The fraction of sp³-hybridized carbons (Fsp3) is 0.333. The van der Waals surface area contributed by atoms with E-state index in [0.29, 0.717) is 41.2 Å². The smallest absolute Gasteiger partial charge is 0.286 e. The number of ether oxygens (including phenoxy) is 1. The van der Waals surface area contributed by atoms with Crippen LogP contribution in [-0.2, 0) is 11.3 Å². The molecule has 43 heavy (non-hydrogen) atoms. The van der Waals surface area contributed by atoms with E-state index in [1.807, 2.05) is 35.3 Å². The average molecular weight is 635 g/mol. The molecule has 6 rings (SSSR count). The first-order valence-electron chi connectivity index (χ1n) is 14.4. The molecule has 2 aliphatic heterocycles. The van der Waals surface area contributed by atoms with E-state index in [9.17, 15) is 4.79 Å². The first kappa shape index (κ1) is 29.9. The Bertz CT molecular complexity index is 1690. The molecule has 2 aliphatic rings. The van der Waals surface area contributed by atoms with Crippen LogP contribution in [0.3, 0.4) is 0 Å². The van der Waals surface area contributed by atoms with Crippen LogP contribution in [0.15, 0.2) is 54.6 Å². The van der Waals surface area contributed by atoms with Gasteiger partial charge in [-0.2, -0.15) is 5.10 Å². The van der Waals surface area contributed by atoms with Crippen LogP contribution in [0.2, 0.25) is 10.0 Å². The Morgan fingerprint density at radius 3 is 2.51 bits per heavy atom. The Morgan fingerprint density at radius 2 is 1.81 bits per heavy atom. The second kappa shape index (κ2) is 12.8. The molecule has 4 aromatic rings. The third-order valence-corrected chi connectivity index (χ3v) is 9.25. The molecular weight excluding hydrogens is 601 g/mol. The van der Waals surface area contributed by atoms with Crippen molar-refractivity contribution in [2.24, 2.45) is 0 Å². The molecule has 2 N–H and O–H groups in total. The number of piperidine rings is 1. The van der Waals surface area contributed by atoms with E-state index in [0.717, 1.165) is 52.5 Å². The average Bonchev–Trinajstić information content (AvgIpc) is 3.60. The lowest BCUT2D eigenvalue weighted by molar-refractivity contribution is -0.0649. The van der Waals surface area contributed by atoms with Crippen molar-refractivity contribution in [1.82, 2.24) is 25.5 Å². The number of carbonyl (C=O) groups is 1. The molecule has 0 radical (unpaired) electrons. The zero-order valence-electron chi connectivity index (χ0n) is 24.2. The van der Waals surface area contributed by atoms with Gasteiger partial charge in [0.1, 0.15) is 0 Å². The number of carbonyl (C=O) groups excluding carboxylic acids is 1. The number of thiophene rings is 1. The molecule has 7 nitrogen and oxygen atoms in total. The number of aromatic nitrogens is 2. The van der Waals surface area contributed by atoms with Gasteiger partial charge in [0.05, 0.1) is 44.9 Å². The van der Waals surface area contributed by atoms with Crippen molar-refractivity contribution in [1.29, 1.82) is 0 Å². The van der Waals surface area contributed by atoms with E-state index < -0.39 is 0 Å².